The van der Waals surface area contributed by atoms with E-state index in [4.69, 9.17) is 4.99 Å². The Hall–Kier alpha value is -1.22. The molecule has 1 aliphatic rings. The number of nitrogens with zero attached hydrogens (tertiary/aromatic N) is 3. The second kappa shape index (κ2) is 12.4. The van der Waals surface area contributed by atoms with Crippen LogP contribution in [0.2, 0.25) is 0 Å². The van der Waals surface area contributed by atoms with Crippen LogP contribution in [0.5, 0.6) is 0 Å². The van der Waals surface area contributed by atoms with Gasteiger partial charge in [0.1, 0.15) is 12.4 Å². The topological polar surface area (TPSA) is 54.2 Å². The molecule has 0 aliphatic heterocycles. The third-order valence-corrected chi connectivity index (χ3v) is 6.08. The lowest BCUT2D eigenvalue weighted by Gasteiger charge is -2.17. The largest absolute Gasteiger partial charge is 0.357 e. The van der Waals surface area contributed by atoms with Gasteiger partial charge in [-0.2, -0.15) is 11.8 Å². The summed E-state index contributed by atoms with van der Waals surface area (Å²) in [4.78, 5) is 9.31. The van der Waals surface area contributed by atoms with E-state index >= 15 is 0 Å². The summed E-state index contributed by atoms with van der Waals surface area (Å²) in [6.45, 7) is 6.62. The maximum Gasteiger partial charge on any atom is 0.191 e. The molecule has 0 spiro atoms. The molecular weight excluding hydrogens is 481 g/mol. The highest BCUT2D eigenvalue weighted by Crippen LogP contribution is 2.29. The van der Waals surface area contributed by atoms with E-state index in [1.807, 2.05) is 18.5 Å². The molecule has 7 heteroatoms. The number of imidazole rings is 1. The number of thioether (sulfide) groups is 1. The number of hydrogen-bond donors (Lipinski definition) is 2. The number of guanidine groups is 1. The van der Waals surface area contributed by atoms with Gasteiger partial charge in [-0.15, -0.1) is 24.0 Å². The summed E-state index contributed by atoms with van der Waals surface area (Å²) in [5.74, 6) is 3.09. The number of nitrogens with one attached hydrogen (secondary N) is 2. The predicted molar refractivity (Wildman–Crippen MR) is 131 cm³/mol. The number of aromatic nitrogens is 2. The van der Waals surface area contributed by atoms with Crippen molar-refractivity contribution in [1.82, 2.24) is 20.2 Å². The van der Waals surface area contributed by atoms with Gasteiger partial charge >= 0.3 is 0 Å². The highest BCUT2D eigenvalue weighted by molar-refractivity contribution is 14.0. The minimum atomic E-state index is 0. The van der Waals surface area contributed by atoms with Crippen molar-refractivity contribution < 1.29 is 0 Å². The van der Waals surface area contributed by atoms with E-state index in [1.54, 1.807) is 0 Å². The molecule has 2 unspecified atom stereocenters. The van der Waals surface area contributed by atoms with E-state index in [1.165, 1.54) is 30.6 Å². The molecule has 1 aromatic carbocycles. The first-order chi connectivity index (χ1) is 13.3. The molecule has 3 rings (SSSR count). The summed E-state index contributed by atoms with van der Waals surface area (Å²) < 4.78 is 2.17. The van der Waals surface area contributed by atoms with Crippen LogP contribution in [0.1, 0.15) is 44.5 Å². The molecule has 2 atom stereocenters. The molecule has 1 aromatic heterocycles. The van der Waals surface area contributed by atoms with Crippen molar-refractivity contribution >= 4 is 41.7 Å². The van der Waals surface area contributed by atoms with E-state index in [0.29, 0.717) is 12.6 Å². The smallest absolute Gasteiger partial charge is 0.191 e. The molecular formula is C21H32IN5S. The maximum absolute atomic E-state index is 4.80. The molecule has 5 nitrogen and oxygen atoms in total. The van der Waals surface area contributed by atoms with Gasteiger partial charge in [0.15, 0.2) is 5.96 Å². The number of aliphatic imine (C=N–C) groups is 1. The van der Waals surface area contributed by atoms with Gasteiger partial charge in [0, 0.05) is 36.8 Å². The van der Waals surface area contributed by atoms with Gasteiger partial charge < -0.3 is 15.2 Å². The van der Waals surface area contributed by atoms with Gasteiger partial charge in [-0.05, 0) is 37.5 Å². The van der Waals surface area contributed by atoms with Gasteiger partial charge in [-0.25, -0.2) is 9.98 Å². The fourth-order valence-electron chi connectivity index (χ4n) is 3.54. The lowest BCUT2D eigenvalue weighted by Crippen LogP contribution is -2.42. The van der Waals surface area contributed by atoms with Crippen LogP contribution >= 0.6 is 35.7 Å². The Morgan fingerprint density at radius 1 is 1.25 bits per heavy atom. The van der Waals surface area contributed by atoms with Crippen molar-refractivity contribution in [2.45, 2.75) is 57.5 Å². The van der Waals surface area contributed by atoms with Crippen LogP contribution in [-0.4, -0.2) is 39.1 Å². The molecule has 1 aliphatic carbocycles. The van der Waals surface area contributed by atoms with Crippen LogP contribution in [0.25, 0.3) is 0 Å². The van der Waals surface area contributed by atoms with E-state index < -0.39 is 0 Å². The van der Waals surface area contributed by atoms with Crippen LogP contribution in [-0.2, 0) is 13.1 Å². The Balaban J connectivity index is 0.00000280. The molecule has 0 radical (unpaired) electrons. The van der Waals surface area contributed by atoms with Gasteiger partial charge in [0.05, 0.1) is 0 Å². The average Bonchev–Trinajstić information content (AvgIpc) is 3.30. The van der Waals surface area contributed by atoms with E-state index in [9.17, 15) is 0 Å². The van der Waals surface area contributed by atoms with Gasteiger partial charge in [0.2, 0.25) is 0 Å². The van der Waals surface area contributed by atoms with Crippen LogP contribution in [0, 0.1) is 0 Å². The lowest BCUT2D eigenvalue weighted by molar-refractivity contribution is 0.613. The van der Waals surface area contributed by atoms with Crippen molar-refractivity contribution in [3.63, 3.8) is 0 Å². The Labute approximate surface area is 190 Å². The van der Waals surface area contributed by atoms with Crippen molar-refractivity contribution in [3.05, 3.63) is 54.1 Å². The highest BCUT2D eigenvalue weighted by atomic mass is 127. The number of hydrogen-bond acceptors (Lipinski definition) is 3. The standard InChI is InChI=1S/C21H31N5S.HI/c1-3-22-21(25-18-10-11-19(14-18)27-4-2)24-15-20-23-12-13-26(20)16-17-8-6-5-7-9-17;/h5-9,12-13,18-19H,3-4,10-11,14-16H2,1-2H3,(H2,22,24,25);1H. The minimum absolute atomic E-state index is 0. The molecule has 0 amide bonds. The van der Waals surface area contributed by atoms with Crippen LogP contribution in [0.4, 0.5) is 0 Å². The zero-order valence-electron chi connectivity index (χ0n) is 16.8. The average molecular weight is 513 g/mol. The Morgan fingerprint density at radius 2 is 2.07 bits per heavy atom. The molecule has 28 heavy (non-hydrogen) atoms. The molecule has 154 valence electrons. The molecule has 1 heterocycles. The third-order valence-electron chi connectivity index (χ3n) is 4.85. The van der Waals surface area contributed by atoms with Crippen molar-refractivity contribution in [1.29, 1.82) is 0 Å². The first kappa shape index (κ1) is 23.1. The molecule has 1 saturated carbocycles. The molecule has 0 bridgehead atoms. The quantitative estimate of drug-likeness (QED) is 0.315. The van der Waals surface area contributed by atoms with Crippen LogP contribution in [0.3, 0.4) is 0 Å². The summed E-state index contributed by atoms with van der Waals surface area (Å²) in [5.41, 5.74) is 1.27. The predicted octanol–water partition coefficient (Wildman–Crippen LogP) is 4.28. The van der Waals surface area contributed by atoms with E-state index in [0.717, 1.165) is 30.1 Å². The maximum atomic E-state index is 4.80. The third kappa shape index (κ3) is 6.99. The monoisotopic (exact) mass is 513 g/mol. The van der Waals surface area contributed by atoms with E-state index in [2.05, 4.69) is 70.1 Å². The van der Waals surface area contributed by atoms with Gasteiger partial charge in [-0.1, -0.05) is 37.3 Å². The zero-order valence-corrected chi connectivity index (χ0v) is 20.0. The zero-order chi connectivity index (χ0) is 18.9. The number of benzene rings is 1. The second-order valence-corrected chi connectivity index (χ2v) is 8.46. The van der Waals surface area contributed by atoms with Crippen molar-refractivity contribution in [3.8, 4) is 0 Å². The summed E-state index contributed by atoms with van der Waals surface area (Å²) in [6, 6.07) is 11.0. The van der Waals surface area contributed by atoms with Crippen molar-refractivity contribution in [2.75, 3.05) is 12.3 Å². The first-order valence-corrected chi connectivity index (χ1v) is 11.0. The summed E-state index contributed by atoms with van der Waals surface area (Å²) in [6.07, 6.45) is 7.65. The SMILES string of the molecule is CCNC(=NCc1nccn1Cc1ccccc1)NC1CCC(SCC)C1.I. The molecule has 0 saturated heterocycles. The Morgan fingerprint density at radius 3 is 2.82 bits per heavy atom. The molecule has 1 fully saturated rings. The highest BCUT2D eigenvalue weighted by Gasteiger charge is 2.25. The summed E-state index contributed by atoms with van der Waals surface area (Å²) >= 11 is 2.08. The summed E-state index contributed by atoms with van der Waals surface area (Å²) in [7, 11) is 0. The molecule has 2 N–H and O–H groups in total. The van der Waals surface area contributed by atoms with E-state index in [-0.39, 0.29) is 24.0 Å². The normalized spacial score (nSPS) is 19.3. The van der Waals surface area contributed by atoms with Crippen LogP contribution in [0.15, 0.2) is 47.7 Å². The van der Waals surface area contributed by atoms with Crippen molar-refractivity contribution in [2.24, 2.45) is 4.99 Å². The summed E-state index contributed by atoms with van der Waals surface area (Å²) in [5, 5.41) is 7.80. The Kier molecular flexibility index (Phi) is 10.2. The number of rotatable bonds is 8. The fraction of sp³-hybridized carbons (Fsp3) is 0.524. The van der Waals surface area contributed by atoms with Gasteiger partial charge in [-0.3, -0.25) is 0 Å². The second-order valence-electron chi connectivity index (χ2n) is 6.88. The molecule has 2 aromatic rings. The first-order valence-electron chi connectivity index (χ1n) is 9.98. The Bertz CT molecular complexity index is 719. The minimum Gasteiger partial charge on any atom is -0.357 e. The van der Waals surface area contributed by atoms with Gasteiger partial charge in [0.25, 0.3) is 0 Å². The van der Waals surface area contributed by atoms with Crippen LogP contribution < -0.4 is 10.6 Å². The number of halogens is 1. The fourth-order valence-corrected chi connectivity index (χ4v) is 4.68. The lowest BCUT2D eigenvalue weighted by atomic mass is 10.2.